The zero-order chi connectivity index (χ0) is 21.8. The van der Waals surface area contributed by atoms with Crippen LogP contribution in [-0.2, 0) is 5.75 Å². The molecule has 0 saturated heterocycles. The average molecular weight is 451 g/mol. The zero-order valence-corrected chi connectivity index (χ0v) is 18.3. The van der Waals surface area contributed by atoms with E-state index in [4.69, 9.17) is 20.8 Å². The van der Waals surface area contributed by atoms with Gasteiger partial charge < -0.3 is 9.15 Å². The monoisotopic (exact) mass is 450 g/mol. The number of Topliss-reactive ketones (excluding diaryl/α,β-unsaturated/α-hetero) is 1. The third-order valence-electron chi connectivity index (χ3n) is 4.79. The molecular formula is C25H19ClO4S. The minimum absolute atomic E-state index is 0.0386. The van der Waals surface area contributed by atoms with E-state index in [0.29, 0.717) is 34.1 Å². The third-order valence-corrected chi connectivity index (χ3v) is 6.08. The lowest BCUT2D eigenvalue weighted by Crippen LogP contribution is -2.09. The van der Waals surface area contributed by atoms with E-state index in [9.17, 15) is 9.59 Å². The van der Waals surface area contributed by atoms with E-state index in [1.54, 1.807) is 43.0 Å². The molecule has 0 unspecified atom stereocenters. The molecule has 6 heteroatoms. The summed E-state index contributed by atoms with van der Waals surface area (Å²) in [5.41, 5.74) is 1.99. The van der Waals surface area contributed by atoms with Crippen molar-refractivity contribution >= 4 is 46.1 Å². The van der Waals surface area contributed by atoms with Gasteiger partial charge in [0.25, 0.3) is 0 Å². The van der Waals surface area contributed by atoms with Crippen molar-refractivity contribution in [2.75, 3.05) is 0 Å². The fourth-order valence-electron chi connectivity index (χ4n) is 3.16. The van der Waals surface area contributed by atoms with Crippen molar-refractivity contribution in [2.45, 2.75) is 24.0 Å². The second-order valence-electron chi connectivity index (χ2n) is 6.84. The van der Waals surface area contributed by atoms with Crippen molar-refractivity contribution in [3.8, 4) is 5.75 Å². The first-order valence-electron chi connectivity index (χ1n) is 9.79. The van der Waals surface area contributed by atoms with Crippen LogP contribution in [0.15, 0.2) is 82.1 Å². The Labute approximate surface area is 189 Å². The highest BCUT2D eigenvalue weighted by Gasteiger charge is 2.22. The summed E-state index contributed by atoms with van der Waals surface area (Å²) in [6.45, 7) is 1.81. The summed E-state index contributed by atoms with van der Waals surface area (Å²) in [5, 5.41) is 1.55. The first kappa shape index (κ1) is 21.2. The van der Waals surface area contributed by atoms with Crippen molar-refractivity contribution in [1.82, 2.24) is 0 Å². The molecule has 0 spiro atoms. The summed E-state index contributed by atoms with van der Waals surface area (Å²) in [6, 6.07) is 21.6. The number of ether oxygens (including phenoxy) is 1. The Morgan fingerprint density at radius 2 is 1.68 bits per heavy atom. The van der Waals surface area contributed by atoms with Crippen molar-refractivity contribution in [2.24, 2.45) is 0 Å². The van der Waals surface area contributed by atoms with Gasteiger partial charge in [0.15, 0.2) is 5.78 Å². The lowest BCUT2D eigenvalue weighted by Gasteiger charge is -2.06. The van der Waals surface area contributed by atoms with Gasteiger partial charge in [-0.3, -0.25) is 4.79 Å². The maximum absolute atomic E-state index is 12.9. The van der Waals surface area contributed by atoms with Crippen LogP contribution in [-0.4, -0.2) is 11.8 Å². The van der Waals surface area contributed by atoms with Crippen molar-refractivity contribution in [3.05, 3.63) is 94.7 Å². The molecule has 0 aliphatic carbocycles. The molecule has 0 amide bonds. The van der Waals surface area contributed by atoms with Gasteiger partial charge in [0, 0.05) is 38.6 Å². The molecule has 0 aliphatic heterocycles. The number of benzene rings is 3. The van der Waals surface area contributed by atoms with Gasteiger partial charge in [-0.15, -0.1) is 11.8 Å². The predicted octanol–water partition coefficient (Wildman–Crippen LogP) is 7.19. The summed E-state index contributed by atoms with van der Waals surface area (Å²) in [6.07, 6.45) is 0.423. The zero-order valence-electron chi connectivity index (χ0n) is 16.8. The molecule has 1 aromatic heterocycles. The molecule has 4 rings (SSSR count). The van der Waals surface area contributed by atoms with E-state index in [2.05, 4.69) is 0 Å². The number of halogens is 1. The van der Waals surface area contributed by atoms with Crippen LogP contribution in [0.2, 0.25) is 5.02 Å². The summed E-state index contributed by atoms with van der Waals surface area (Å²) >= 11 is 7.55. The number of hydrogen-bond donors (Lipinski definition) is 0. The van der Waals surface area contributed by atoms with Gasteiger partial charge in [0.1, 0.15) is 11.3 Å². The van der Waals surface area contributed by atoms with Crippen LogP contribution < -0.4 is 4.74 Å². The van der Waals surface area contributed by atoms with Crippen LogP contribution in [0.4, 0.5) is 0 Å². The van der Waals surface area contributed by atoms with Crippen LogP contribution in [0, 0.1) is 0 Å². The van der Waals surface area contributed by atoms with E-state index < -0.39 is 5.97 Å². The molecule has 1 heterocycles. The Balaban J connectivity index is 1.58. The maximum Gasteiger partial charge on any atom is 0.379 e. The SMILES string of the molecule is CCC(=O)c1ccc(OC(=O)c2oc3ccccc3c2CSc2ccc(Cl)cc2)cc1. The first-order chi connectivity index (χ1) is 15.0. The van der Waals surface area contributed by atoms with Gasteiger partial charge in [0.05, 0.1) is 0 Å². The fourth-order valence-corrected chi connectivity index (χ4v) is 4.21. The van der Waals surface area contributed by atoms with Crippen molar-refractivity contribution in [1.29, 1.82) is 0 Å². The number of fused-ring (bicyclic) bond motifs is 1. The van der Waals surface area contributed by atoms with E-state index >= 15 is 0 Å². The molecule has 4 aromatic rings. The van der Waals surface area contributed by atoms with Crippen LogP contribution in [0.3, 0.4) is 0 Å². The molecule has 0 aliphatic rings. The second-order valence-corrected chi connectivity index (χ2v) is 8.32. The first-order valence-corrected chi connectivity index (χ1v) is 11.2. The number of carbonyl (C=O) groups excluding carboxylic acids is 2. The topological polar surface area (TPSA) is 56.5 Å². The second kappa shape index (κ2) is 9.41. The largest absolute Gasteiger partial charge is 0.449 e. The Bertz CT molecular complexity index is 1230. The number of furan rings is 1. The highest BCUT2D eigenvalue weighted by atomic mass is 35.5. The van der Waals surface area contributed by atoms with Crippen LogP contribution >= 0.6 is 23.4 Å². The van der Waals surface area contributed by atoms with E-state index in [-0.39, 0.29) is 11.5 Å². The third kappa shape index (κ3) is 4.84. The molecule has 4 nitrogen and oxygen atoms in total. The minimum Gasteiger partial charge on any atom is -0.449 e. The maximum atomic E-state index is 12.9. The van der Waals surface area contributed by atoms with E-state index in [0.717, 1.165) is 15.8 Å². The summed E-state index contributed by atoms with van der Waals surface area (Å²) in [4.78, 5) is 25.7. The molecular weight excluding hydrogens is 432 g/mol. The normalized spacial score (nSPS) is 10.9. The minimum atomic E-state index is -0.572. The number of esters is 1. The van der Waals surface area contributed by atoms with Crippen molar-refractivity contribution in [3.63, 3.8) is 0 Å². The number of ketones is 1. The molecule has 0 saturated carbocycles. The molecule has 3 aromatic carbocycles. The quantitative estimate of drug-likeness (QED) is 0.129. The molecule has 0 radical (unpaired) electrons. The lowest BCUT2D eigenvalue weighted by molar-refractivity contribution is 0.0702. The molecule has 31 heavy (non-hydrogen) atoms. The van der Waals surface area contributed by atoms with E-state index in [1.165, 1.54) is 0 Å². The summed E-state index contributed by atoms with van der Waals surface area (Å²) in [7, 11) is 0. The molecule has 156 valence electrons. The number of para-hydroxylation sites is 1. The lowest BCUT2D eigenvalue weighted by atomic mass is 10.1. The fraction of sp³-hybridized carbons (Fsp3) is 0.120. The summed E-state index contributed by atoms with van der Waals surface area (Å²) < 4.78 is 11.4. The summed E-state index contributed by atoms with van der Waals surface area (Å²) in [5.74, 6) is 0.535. The number of hydrogen-bond acceptors (Lipinski definition) is 5. The van der Waals surface area contributed by atoms with Gasteiger partial charge in [0.2, 0.25) is 5.76 Å². The molecule has 0 atom stereocenters. The Morgan fingerprint density at radius 3 is 2.39 bits per heavy atom. The predicted molar refractivity (Wildman–Crippen MR) is 123 cm³/mol. The van der Waals surface area contributed by atoms with Gasteiger partial charge in [-0.25, -0.2) is 4.79 Å². The standard InChI is InChI=1S/C25H19ClO4S/c1-2-22(27)16-7-11-18(12-8-16)29-25(28)24-21(20-5-3-4-6-23(20)30-24)15-31-19-13-9-17(26)10-14-19/h3-14H,2,15H2,1H3. The van der Waals surface area contributed by atoms with E-state index in [1.807, 2.05) is 48.5 Å². The Morgan fingerprint density at radius 1 is 0.968 bits per heavy atom. The highest BCUT2D eigenvalue weighted by Crippen LogP contribution is 2.33. The average Bonchev–Trinajstić information content (AvgIpc) is 3.17. The molecule has 0 N–H and O–H groups in total. The van der Waals surface area contributed by atoms with Crippen LogP contribution in [0.25, 0.3) is 11.0 Å². The smallest absolute Gasteiger partial charge is 0.379 e. The van der Waals surface area contributed by atoms with Gasteiger partial charge in [-0.05, 0) is 54.6 Å². The molecule has 0 bridgehead atoms. The number of rotatable bonds is 7. The van der Waals surface area contributed by atoms with Gasteiger partial charge in [-0.1, -0.05) is 36.7 Å². The van der Waals surface area contributed by atoms with Crippen molar-refractivity contribution < 1.29 is 18.7 Å². The number of thioether (sulfide) groups is 1. The van der Waals surface area contributed by atoms with Crippen LogP contribution in [0.1, 0.15) is 39.8 Å². The molecule has 0 fully saturated rings. The van der Waals surface area contributed by atoms with Crippen LogP contribution in [0.5, 0.6) is 5.75 Å². The number of carbonyl (C=O) groups is 2. The van der Waals surface area contributed by atoms with Gasteiger partial charge >= 0.3 is 5.97 Å². The highest BCUT2D eigenvalue weighted by molar-refractivity contribution is 7.98. The van der Waals surface area contributed by atoms with Gasteiger partial charge in [-0.2, -0.15) is 0 Å². The Hall–Kier alpha value is -3.02. The Kier molecular flexibility index (Phi) is 6.44.